The zero-order chi connectivity index (χ0) is 12.2. The molecule has 0 amide bonds. The van der Waals surface area contributed by atoms with E-state index in [0.29, 0.717) is 10.6 Å². The first-order valence-electron chi connectivity index (χ1n) is 4.69. The van der Waals surface area contributed by atoms with E-state index in [4.69, 9.17) is 5.73 Å². The Balaban J connectivity index is 2.47. The molecule has 0 aromatic heterocycles. The first kappa shape index (κ1) is 13.0. The minimum absolute atomic E-state index is 0.00294. The molecule has 1 unspecified atom stereocenters. The molecule has 0 fully saturated rings. The molecule has 6 heteroatoms. The topological polar surface area (TPSA) is 43.1 Å². The van der Waals surface area contributed by atoms with Crippen molar-refractivity contribution >= 4 is 16.5 Å². The molecule has 0 aliphatic carbocycles. The zero-order valence-electron chi connectivity index (χ0n) is 8.46. The summed E-state index contributed by atoms with van der Waals surface area (Å²) in [5.74, 6) is 0.00294. The van der Waals surface area contributed by atoms with Gasteiger partial charge in [-0.05, 0) is 24.6 Å². The van der Waals surface area contributed by atoms with Crippen LogP contribution in [0, 0.1) is 0 Å². The summed E-state index contributed by atoms with van der Waals surface area (Å²) >= 11 is 0. The van der Waals surface area contributed by atoms with Gasteiger partial charge in [0, 0.05) is 22.8 Å². The van der Waals surface area contributed by atoms with Gasteiger partial charge in [0.15, 0.2) is 0 Å². The van der Waals surface area contributed by atoms with Crippen LogP contribution in [0.3, 0.4) is 0 Å². The van der Waals surface area contributed by atoms with E-state index in [-0.39, 0.29) is 12.2 Å². The highest BCUT2D eigenvalue weighted by Crippen LogP contribution is 2.22. The van der Waals surface area contributed by atoms with E-state index in [1.54, 1.807) is 18.2 Å². The molecule has 1 rings (SSSR count). The van der Waals surface area contributed by atoms with Crippen LogP contribution in [-0.2, 0) is 10.8 Å². The van der Waals surface area contributed by atoms with Crippen LogP contribution in [0.4, 0.5) is 18.9 Å². The molecule has 1 aromatic rings. The van der Waals surface area contributed by atoms with Gasteiger partial charge in [0.2, 0.25) is 0 Å². The molecular formula is C10H12F3NOS. The largest absolute Gasteiger partial charge is 0.399 e. The van der Waals surface area contributed by atoms with E-state index in [9.17, 15) is 17.4 Å². The number of nitrogen functional groups attached to an aromatic ring is 1. The van der Waals surface area contributed by atoms with Gasteiger partial charge in [-0.3, -0.25) is 4.21 Å². The minimum Gasteiger partial charge on any atom is -0.399 e. The van der Waals surface area contributed by atoms with Crippen molar-refractivity contribution in [3.8, 4) is 0 Å². The third-order valence-corrected chi connectivity index (χ3v) is 3.35. The highest BCUT2D eigenvalue weighted by Gasteiger charge is 2.26. The molecule has 0 aliphatic heterocycles. The lowest BCUT2D eigenvalue weighted by atomic mass is 10.3. The highest BCUT2D eigenvalue weighted by molar-refractivity contribution is 7.85. The van der Waals surface area contributed by atoms with Crippen molar-refractivity contribution in [1.29, 1.82) is 0 Å². The number of halogens is 3. The van der Waals surface area contributed by atoms with Gasteiger partial charge in [-0.1, -0.05) is 6.07 Å². The molecule has 1 atom stereocenters. The lowest BCUT2D eigenvalue weighted by molar-refractivity contribution is -0.134. The number of hydrogen-bond donors (Lipinski definition) is 1. The lowest BCUT2D eigenvalue weighted by Crippen LogP contribution is -2.09. The fourth-order valence-corrected chi connectivity index (χ4v) is 2.32. The molecule has 0 heterocycles. The Morgan fingerprint density at radius 3 is 2.56 bits per heavy atom. The maximum absolute atomic E-state index is 11.9. The van der Waals surface area contributed by atoms with E-state index in [1.165, 1.54) is 6.07 Å². The highest BCUT2D eigenvalue weighted by atomic mass is 32.2. The normalized spacial score (nSPS) is 13.7. The molecule has 0 spiro atoms. The van der Waals surface area contributed by atoms with E-state index in [0.717, 1.165) is 0 Å². The second-order valence-corrected chi connectivity index (χ2v) is 4.91. The van der Waals surface area contributed by atoms with Crippen molar-refractivity contribution in [2.75, 3.05) is 11.5 Å². The Hall–Kier alpha value is -1.04. The summed E-state index contributed by atoms with van der Waals surface area (Å²) in [4.78, 5) is 0.474. The summed E-state index contributed by atoms with van der Waals surface area (Å²) < 4.78 is 47.1. The van der Waals surface area contributed by atoms with Gasteiger partial charge in [-0.2, -0.15) is 13.2 Å². The van der Waals surface area contributed by atoms with Crippen LogP contribution in [0.25, 0.3) is 0 Å². The standard InChI is InChI=1S/C10H12F3NOS/c11-10(12,13)5-2-6-16(15)9-4-1-3-8(14)7-9/h1,3-4,7H,2,5-6,14H2. The summed E-state index contributed by atoms with van der Waals surface area (Å²) in [5, 5.41) is 0. The summed E-state index contributed by atoms with van der Waals surface area (Å²) in [6, 6.07) is 6.38. The lowest BCUT2D eigenvalue weighted by Gasteiger charge is -2.06. The third kappa shape index (κ3) is 4.65. The predicted molar refractivity (Wildman–Crippen MR) is 57.4 cm³/mol. The molecule has 0 saturated heterocycles. The van der Waals surface area contributed by atoms with Gasteiger partial charge < -0.3 is 5.73 Å². The van der Waals surface area contributed by atoms with Gasteiger partial charge in [-0.25, -0.2) is 0 Å². The molecule has 0 radical (unpaired) electrons. The number of benzene rings is 1. The quantitative estimate of drug-likeness (QED) is 0.836. The molecule has 0 bridgehead atoms. The smallest absolute Gasteiger partial charge is 0.389 e. The maximum atomic E-state index is 11.9. The Morgan fingerprint density at radius 2 is 2.00 bits per heavy atom. The van der Waals surface area contributed by atoms with Gasteiger partial charge in [-0.15, -0.1) is 0 Å². The Labute approximate surface area is 94.1 Å². The first-order valence-corrected chi connectivity index (χ1v) is 6.01. The van der Waals surface area contributed by atoms with E-state index in [2.05, 4.69) is 0 Å². The van der Waals surface area contributed by atoms with Crippen molar-refractivity contribution in [3.63, 3.8) is 0 Å². The van der Waals surface area contributed by atoms with Crippen LogP contribution in [0.15, 0.2) is 29.2 Å². The van der Waals surface area contributed by atoms with Gasteiger partial charge in [0.1, 0.15) is 0 Å². The van der Waals surface area contributed by atoms with Crippen molar-refractivity contribution in [2.45, 2.75) is 23.9 Å². The first-order chi connectivity index (χ1) is 7.38. The van der Waals surface area contributed by atoms with Crippen LogP contribution in [0.5, 0.6) is 0 Å². The van der Waals surface area contributed by atoms with Crippen LogP contribution >= 0.6 is 0 Å². The van der Waals surface area contributed by atoms with Crippen molar-refractivity contribution in [3.05, 3.63) is 24.3 Å². The SMILES string of the molecule is Nc1cccc(S(=O)CCCC(F)(F)F)c1. The second kappa shape index (κ2) is 5.34. The number of alkyl halides is 3. The molecule has 0 saturated carbocycles. The number of anilines is 1. The van der Waals surface area contributed by atoms with E-state index in [1.807, 2.05) is 0 Å². The summed E-state index contributed by atoms with van der Waals surface area (Å²) in [5.41, 5.74) is 5.94. The van der Waals surface area contributed by atoms with Gasteiger partial charge in [0.25, 0.3) is 0 Å². The Kier molecular flexibility index (Phi) is 4.35. The summed E-state index contributed by atoms with van der Waals surface area (Å²) in [6.45, 7) is 0. The molecule has 2 N–H and O–H groups in total. The molecule has 16 heavy (non-hydrogen) atoms. The van der Waals surface area contributed by atoms with Crippen LogP contribution < -0.4 is 5.73 Å². The second-order valence-electron chi connectivity index (χ2n) is 3.34. The van der Waals surface area contributed by atoms with Crippen LogP contribution in [0.2, 0.25) is 0 Å². The fourth-order valence-electron chi connectivity index (χ4n) is 1.18. The van der Waals surface area contributed by atoms with Crippen molar-refractivity contribution in [1.82, 2.24) is 0 Å². The average Bonchev–Trinajstić information content (AvgIpc) is 2.15. The zero-order valence-corrected chi connectivity index (χ0v) is 9.27. The number of hydrogen-bond acceptors (Lipinski definition) is 2. The average molecular weight is 251 g/mol. The monoisotopic (exact) mass is 251 g/mol. The summed E-state index contributed by atoms with van der Waals surface area (Å²) in [6.07, 6.45) is -5.22. The van der Waals surface area contributed by atoms with Crippen molar-refractivity contribution in [2.24, 2.45) is 0 Å². The van der Waals surface area contributed by atoms with Gasteiger partial charge in [0.05, 0.1) is 10.8 Å². The predicted octanol–water partition coefficient (Wildman–Crippen LogP) is 2.72. The summed E-state index contributed by atoms with van der Waals surface area (Å²) in [7, 11) is -1.41. The van der Waals surface area contributed by atoms with Crippen LogP contribution in [-0.4, -0.2) is 16.1 Å². The minimum atomic E-state index is -4.18. The maximum Gasteiger partial charge on any atom is 0.389 e. The molecule has 90 valence electrons. The Morgan fingerprint density at radius 1 is 1.31 bits per heavy atom. The fraction of sp³-hybridized carbons (Fsp3) is 0.400. The third-order valence-electron chi connectivity index (χ3n) is 1.91. The van der Waals surface area contributed by atoms with Crippen LogP contribution in [0.1, 0.15) is 12.8 Å². The number of rotatable bonds is 4. The molecule has 2 nitrogen and oxygen atoms in total. The molecule has 1 aromatic carbocycles. The van der Waals surface area contributed by atoms with Crippen molar-refractivity contribution < 1.29 is 17.4 Å². The van der Waals surface area contributed by atoms with E-state index >= 15 is 0 Å². The number of nitrogens with two attached hydrogens (primary N) is 1. The molecule has 0 aliphatic rings. The Bertz CT molecular complexity index is 379. The van der Waals surface area contributed by atoms with Gasteiger partial charge >= 0.3 is 6.18 Å². The van der Waals surface area contributed by atoms with E-state index < -0.39 is 23.4 Å². The molecular weight excluding hydrogens is 239 g/mol.